The molecule has 0 spiro atoms. The molecule has 0 aliphatic heterocycles. The number of aliphatic hydroxyl groups excluding tert-OH is 1. The van der Waals surface area contributed by atoms with Gasteiger partial charge in [0.2, 0.25) is 5.91 Å². The van der Waals surface area contributed by atoms with Gasteiger partial charge in [0, 0.05) is 18.9 Å². The molecular formula is C16H25NO2S. The molecule has 4 heteroatoms. The monoisotopic (exact) mass is 295 g/mol. The number of aliphatic hydroxyl groups is 1. The fourth-order valence-electron chi connectivity index (χ4n) is 1.83. The second-order valence-electron chi connectivity index (χ2n) is 5.44. The van der Waals surface area contributed by atoms with Gasteiger partial charge in [-0.05, 0) is 38.5 Å². The molecule has 1 aromatic carbocycles. The number of hydrogen-bond donors (Lipinski definition) is 2. The van der Waals surface area contributed by atoms with Gasteiger partial charge >= 0.3 is 0 Å². The summed E-state index contributed by atoms with van der Waals surface area (Å²) in [7, 11) is 0. The van der Waals surface area contributed by atoms with Crippen molar-refractivity contribution in [1.82, 2.24) is 5.32 Å². The number of nitrogens with one attached hydrogen (secondary N) is 1. The first-order chi connectivity index (χ1) is 9.48. The Morgan fingerprint density at radius 2 is 1.90 bits per heavy atom. The van der Waals surface area contributed by atoms with Gasteiger partial charge in [0.15, 0.2) is 0 Å². The zero-order valence-electron chi connectivity index (χ0n) is 12.6. The lowest BCUT2D eigenvalue weighted by molar-refractivity contribution is -0.125. The molecule has 0 aromatic heterocycles. The summed E-state index contributed by atoms with van der Waals surface area (Å²) in [6.45, 7) is 6.85. The van der Waals surface area contributed by atoms with Crippen molar-refractivity contribution in [3.05, 3.63) is 35.4 Å². The van der Waals surface area contributed by atoms with Gasteiger partial charge in [-0.25, -0.2) is 0 Å². The Balaban J connectivity index is 2.43. The van der Waals surface area contributed by atoms with Crippen LogP contribution in [0.2, 0.25) is 0 Å². The van der Waals surface area contributed by atoms with Crippen molar-refractivity contribution in [2.24, 2.45) is 0 Å². The number of amides is 1. The van der Waals surface area contributed by atoms with Crippen LogP contribution in [0.4, 0.5) is 0 Å². The summed E-state index contributed by atoms with van der Waals surface area (Å²) in [5, 5.41) is 11.7. The standard InChI is InChI=1S/C16H25NO2S/c1-13-5-7-14(8-6-13)16(2,3)15(19)17-9-12-20-11-4-10-18/h5-8,18H,4,9-12H2,1-3H3,(H,17,19). The van der Waals surface area contributed by atoms with Crippen LogP contribution < -0.4 is 5.32 Å². The van der Waals surface area contributed by atoms with Crippen molar-refractivity contribution in [3.63, 3.8) is 0 Å². The highest BCUT2D eigenvalue weighted by atomic mass is 32.2. The summed E-state index contributed by atoms with van der Waals surface area (Å²) in [5.74, 6) is 1.88. The van der Waals surface area contributed by atoms with Crippen LogP contribution in [0.25, 0.3) is 0 Å². The number of thioether (sulfide) groups is 1. The average molecular weight is 295 g/mol. The van der Waals surface area contributed by atoms with E-state index in [1.165, 1.54) is 5.56 Å². The molecule has 0 saturated heterocycles. The summed E-state index contributed by atoms with van der Waals surface area (Å²) in [6.07, 6.45) is 0.813. The lowest BCUT2D eigenvalue weighted by atomic mass is 9.83. The minimum Gasteiger partial charge on any atom is -0.396 e. The van der Waals surface area contributed by atoms with Gasteiger partial charge in [-0.2, -0.15) is 11.8 Å². The third-order valence-electron chi connectivity index (χ3n) is 3.32. The Labute approximate surface area is 126 Å². The Morgan fingerprint density at radius 1 is 1.25 bits per heavy atom. The first kappa shape index (κ1) is 17.1. The summed E-state index contributed by atoms with van der Waals surface area (Å²) in [4.78, 5) is 12.3. The summed E-state index contributed by atoms with van der Waals surface area (Å²) in [6, 6.07) is 8.11. The number of carbonyl (C=O) groups excluding carboxylic acids is 1. The molecule has 1 rings (SSSR count). The van der Waals surface area contributed by atoms with Crippen LogP contribution in [0.3, 0.4) is 0 Å². The highest BCUT2D eigenvalue weighted by molar-refractivity contribution is 7.99. The summed E-state index contributed by atoms with van der Waals surface area (Å²) in [5.41, 5.74) is 1.72. The van der Waals surface area contributed by atoms with E-state index in [0.29, 0.717) is 6.54 Å². The van der Waals surface area contributed by atoms with Crippen LogP contribution >= 0.6 is 11.8 Å². The van der Waals surface area contributed by atoms with E-state index in [1.807, 2.05) is 45.0 Å². The Morgan fingerprint density at radius 3 is 2.50 bits per heavy atom. The van der Waals surface area contributed by atoms with E-state index in [4.69, 9.17) is 5.11 Å². The van der Waals surface area contributed by atoms with E-state index < -0.39 is 5.41 Å². The maximum absolute atomic E-state index is 12.3. The van der Waals surface area contributed by atoms with E-state index in [-0.39, 0.29) is 12.5 Å². The summed E-state index contributed by atoms with van der Waals surface area (Å²) >= 11 is 1.75. The highest BCUT2D eigenvalue weighted by Crippen LogP contribution is 2.23. The van der Waals surface area contributed by atoms with Gasteiger partial charge in [-0.1, -0.05) is 29.8 Å². The van der Waals surface area contributed by atoms with Crippen LogP contribution in [-0.2, 0) is 10.2 Å². The van der Waals surface area contributed by atoms with Crippen LogP contribution in [0.5, 0.6) is 0 Å². The van der Waals surface area contributed by atoms with Gasteiger partial charge in [-0.15, -0.1) is 0 Å². The third-order valence-corrected chi connectivity index (χ3v) is 4.39. The zero-order valence-corrected chi connectivity index (χ0v) is 13.4. The molecule has 1 amide bonds. The smallest absolute Gasteiger partial charge is 0.230 e. The van der Waals surface area contributed by atoms with Gasteiger partial charge in [0.1, 0.15) is 0 Å². The predicted molar refractivity (Wildman–Crippen MR) is 86.2 cm³/mol. The minimum atomic E-state index is -0.510. The van der Waals surface area contributed by atoms with E-state index in [1.54, 1.807) is 11.8 Å². The molecule has 3 nitrogen and oxygen atoms in total. The molecule has 1 aromatic rings. The summed E-state index contributed by atoms with van der Waals surface area (Å²) < 4.78 is 0. The maximum Gasteiger partial charge on any atom is 0.230 e. The molecule has 112 valence electrons. The van der Waals surface area contributed by atoms with Gasteiger partial charge in [-0.3, -0.25) is 4.79 Å². The molecule has 0 aliphatic carbocycles. The van der Waals surface area contributed by atoms with E-state index in [2.05, 4.69) is 5.32 Å². The number of hydrogen-bond acceptors (Lipinski definition) is 3. The Kier molecular flexibility index (Phi) is 7.10. The van der Waals surface area contributed by atoms with Crippen LogP contribution in [0.15, 0.2) is 24.3 Å². The lowest BCUT2D eigenvalue weighted by Gasteiger charge is -2.24. The van der Waals surface area contributed by atoms with E-state index in [0.717, 1.165) is 23.5 Å². The SMILES string of the molecule is Cc1ccc(C(C)(C)C(=O)NCCSCCCO)cc1. The van der Waals surface area contributed by atoms with Gasteiger partial charge in [0.25, 0.3) is 0 Å². The topological polar surface area (TPSA) is 49.3 Å². The van der Waals surface area contributed by atoms with Crippen molar-refractivity contribution in [2.45, 2.75) is 32.6 Å². The van der Waals surface area contributed by atoms with E-state index in [9.17, 15) is 4.79 Å². The molecule has 0 heterocycles. The molecule has 0 unspecified atom stereocenters. The molecule has 2 N–H and O–H groups in total. The molecule has 0 radical (unpaired) electrons. The van der Waals surface area contributed by atoms with Gasteiger partial charge in [0.05, 0.1) is 5.41 Å². The second kappa shape index (κ2) is 8.32. The molecule has 0 fully saturated rings. The third kappa shape index (κ3) is 5.17. The zero-order chi connectivity index (χ0) is 15.0. The average Bonchev–Trinajstić information content (AvgIpc) is 2.43. The molecule has 0 atom stereocenters. The predicted octanol–water partition coefficient (Wildman–Crippen LogP) is 2.50. The molecule has 0 bridgehead atoms. The largest absolute Gasteiger partial charge is 0.396 e. The lowest BCUT2D eigenvalue weighted by Crippen LogP contribution is -2.41. The van der Waals surface area contributed by atoms with Crippen LogP contribution in [-0.4, -0.2) is 35.7 Å². The molecule has 20 heavy (non-hydrogen) atoms. The number of rotatable bonds is 8. The Bertz CT molecular complexity index is 415. The Hall–Kier alpha value is -1.00. The number of carbonyl (C=O) groups is 1. The second-order valence-corrected chi connectivity index (χ2v) is 6.66. The number of aryl methyl sites for hydroxylation is 1. The van der Waals surface area contributed by atoms with Gasteiger partial charge < -0.3 is 10.4 Å². The van der Waals surface area contributed by atoms with Crippen molar-refractivity contribution < 1.29 is 9.90 Å². The fraction of sp³-hybridized carbons (Fsp3) is 0.562. The molecule has 0 saturated carbocycles. The molecule has 0 aliphatic rings. The van der Waals surface area contributed by atoms with Crippen molar-refractivity contribution in [2.75, 3.05) is 24.7 Å². The van der Waals surface area contributed by atoms with Crippen molar-refractivity contribution >= 4 is 17.7 Å². The maximum atomic E-state index is 12.3. The normalized spacial score (nSPS) is 11.4. The minimum absolute atomic E-state index is 0.0594. The van der Waals surface area contributed by atoms with Crippen LogP contribution in [0.1, 0.15) is 31.4 Å². The first-order valence-electron chi connectivity index (χ1n) is 7.02. The quantitative estimate of drug-likeness (QED) is 0.725. The van der Waals surface area contributed by atoms with E-state index >= 15 is 0 Å². The molecular weight excluding hydrogens is 270 g/mol. The fourth-order valence-corrected chi connectivity index (χ4v) is 2.61. The first-order valence-corrected chi connectivity index (χ1v) is 8.18. The van der Waals surface area contributed by atoms with Crippen molar-refractivity contribution in [3.8, 4) is 0 Å². The highest BCUT2D eigenvalue weighted by Gasteiger charge is 2.29. The van der Waals surface area contributed by atoms with Crippen LogP contribution in [0, 0.1) is 6.92 Å². The van der Waals surface area contributed by atoms with Crippen molar-refractivity contribution in [1.29, 1.82) is 0 Å². The number of benzene rings is 1.